The Balaban J connectivity index is 1.46. The molecule has 12 heteroatoms. The standard InChI is InChI=1S/C38H48O12/c1-7-22(2)32(47-25(5)39)34-28-18-31(40)48-29(28)19-38(50-34,37(42)43-6)45-21-30-35(44-20-26-14-10-8-11-15-26)33(23(3)24(4)46-30)49-36(41)27-16-12-9-13-17-27/h8-17,22-24,28-30,32-35H,7,18-21H2,1-6H3/t22-,23?,24+,28-,29-,30?,32-,33-,34?,35+,38+/m1/s1. The van der Waals surface area contributed by atoms with Crippen molar-refractivity contribution in [3.05, 3.63) is 71.8 Å². The number of carbonyl (C=O) groups excluding carboxylic acids is 4. The summed E-state index contributed by atoms with van der Waals surface area (Å²) in [6.45, 7) is 8.89. The van der Waals surface area contributed by atoms with Crippen LogP contribution in [0.5, 0.6) is 0 Å². The molecule has 12 nitrogen and oxygen atoms in total. The maximum atomic E-state index is 13.7. The summed E-state index contributed by atoms with van der Waals surface area (Å²) >= 11 is 0. The van der Waals surface area contributed by atoms with Crippen molar-refractivity contribution in [1.82, 2.24) is 0 Å². The first-order valence-electron chi connectivity index (χ1n) is 17.3. The fraction of sp³-hybridized carbons (Fsp3) is 0.579. The van der Waals surface area contributed by atoms with Crippen LogP contribution in [0.1, 0.15) is 69.8 Å². The number of hydrogen-bond donors (Lipinski definition) is 0. The molecule has 3 heterocycles. The number of esters is 4. The summed E-state index contributed by atoms with van der Waals surface area (Å²) in [5, 5.41) is 0. The average Bonchev–Trinajstić information content (AvgIpc) is 3.50. The third-order valence-corrected chi connectivity index (χ3v) is 10.1. The molecular formula is C38H48O12. The zero-order valence-electron chi connectivity index (χ0n) is 29.5. The van der Waals surface area contributed by atoms with Gasteiger partial charge in [0.15, 0.2) is 0 Å². The summed E-state index contributed by atoms with van der Waals surface area (Å²) in [7, 11) is 1.21. The topological polar surface area (TPSA) is 142 Å². The summed E-state index contributed by atoms with van der Waals surface area (Å²) < 4.78 is 48.7. The van der Waals surface area contributed by atoms with E-state index in [4.69, 9.17) is 37.9 Å². The van der Waals surface area contributed by atoms with Crippen molar-refractivity contribution in [3.63, 3.8) is 0 Å². The summed E-state index contributed by atoms with van der Waals surface area (Å²) in [6, 6.07) is 18.2. The zero-order chi connectivity index (χ0) is 36.0. The van der Waals surface area contributed by atoms with Gasteiger partial charge in [-0.1, -0.05) is 69.3 Å². The van der Waals surface area contributed by atoms with E-state index in [1.54, 1.807) is 24.3 Å². The minimum absolute atomic E-state index is 0.0335. The quantitative estimate of drug-likeness (QED) is 0.210. The molecule has 3 unspecified atom stereocenters. The molecule has 0 N–H and O–H groups in total. The molecule has 272 valence electrons. The minimum Gasteiger partial charge on any atom is -0.465 e. The van der Waals surface area contributed by atoms with Gasteiger partial charge in [-0.05, 0) is 37.0 Å². The van der Waals surface area contributed by atoms with E-state index < -0.39 is 78.3 Å². The van der Waals surface area contributed by atoms with Crippen LogP contribution >= 0.6 is 0 Å². The SMILES string of the molecule is CC[C@@H](C)[C@@H](OC(C)=O)C1O[C@](OCC2O[C@@H](C)C(C)[C@@H](OC(=O)c3ccccc3)[C@H]2OCc2ccccc2)(C(=O)OC)C[C@H]2OC(=O)C[C@@H]12. The van der Waals surface area contributed by atoms with Crippen LogP contribution in [-0.2, 0) is 58.9 Å². The van der Waals surface area contributed by atoms with Gasteiger partial charge >= 0.3 is 23.9 Å². The predicted octanol–water partition coefficient (Wildman–Crippen LogP) is 4.81. The van der Waals surface area contributed by atoms with Crippen LogP contribution < -0.4 is 0 Å². The molecule has 3 fully saturated rings. The lowest BCUT2D eigenvalue weighted by atomic mass is 9.80. The van der Waals surface area contributed by atoms with Crippen LogP contribution in [0, 0.1) is 17.8 Å². The number of benzene rings is 2. The third-order valence-electron chi connectivity index (χ3n) is 10.1. The normalized spacial score (nSPS) is 31.8. The summed E-state index contributed by atoms with van der Waals surface area (Å²) in [5.74, 6) is -5.33. The Morgan fingerprint density at radius 2 is 1.68 bits per heavy atom. The van der Waals surface area contributed by atoms with E-state index in [1.807, 2.05) is 64.1 Å². The number of methoxy groups -OCH3 is 1. The first kappa shape index (κ1) is 37.4. The molecule has 0 spiro atoms. The van der Waals surface area contributed by atoms with E-state index in [0.29, 0.717) is 12.0 Å². The molecule has 0 saturated carbocycles. The van der Waals surface area contributed by atoms with Gasteiger partial charge in [-0.25, -0.2) is 9.59 Å². The lowest BCUT2D eigenvalue weighted by Gasteiger charge is -2.48. The molecule has 0 radical (unpaired) electrons. The van der Waals surface area contributed by atoms with Crippen molar-refractivity contribution >= 4 is 23.9 Å². The number of rotatable bonds is 13. The van der Waals surface area contributed by atoms with Crippen molar-refractivity contribution in [2.24, 2.45) is 17.8 Å². The lowest BCUT2D eigenvalue weighted by Crippen LogP contribution is -2.62. The fourth-order valence-corrected chi connectivity index (χ4v) is 6.96. The van der Waals surface area contributed by atoms with E-state index in [0.717, 1.165) is 5.56 Å². The highest BCUT2D eigenvalue weighted by Gasteiger charge is 2.61. The first-order chi connectivity index (χ1) is 24.0. The van der Waals surface area contributed by atoms with Crippen LogP contribution in [0.2, 0.25) is 0 Å². The molecule has 3 aliphatic rings. The molecule has 50 heavy (non-hydrogen) atoms. The second-order valence-electron chi connectivity index (χ2n) is 13.4. The molecule has 2 aromatic rings. The van der Waals surface area contributed by atoms with Crippen molar-refractivity contribution in [3.8, 4) is 0 Å². The monoisotopic (exact) mass is 696 g/mol. The molecule has 0 aliphatic carbocycles. The van der Waals surface area contributed by atoms with Crippen LogP contribution in [-0.4, -0.2) is 86.1 Å². The molecular weight excluding hydrogens is 648 g/mol. The van der Waals surface area contributed by atoms with Gasteiger partial charge in [-0.2, -0.15) is 0 Å². The van der Waals surface area contributed by atoms with E-state index in [9.17, 15) is 19.2 Å². The van der Waals surface area contributed by atoms with Crippen LogP contribution in [0.3, 0.4) is 0 Å². The van der Waals surface area contributed by atoms with Crippen LogP contribution in [0.15, 0.2) is 60.7 Å². The Morgan fingerprint density at radius 1 is 1.00 bits per heavy atom. The van der Waals surface area contributed by atoms with E-state index in [2.05, 4.69) is 0 Å². The van der Waals surface area contributed by atoms with Crippen molar-refractivity contribution in [1.29, 1.82) is 0 Å². The maximum absolute atomic E-state index is 13.7. The second-order valence-corrected chi connectivity index (χ2v) is 13.4. The largest absolute Gasteiger partial charge is 0.465 e. The zero-order valence-corrected chi connectivity index (χ0v) is 29.5. The van der Waals surface area contributed by atoms with E-state index in [-0.39, 0.29) is 37.9 Å². The summed E-state index contributed by atoms with van der Waals surface area (Å²) in [4.78, 5) is 51.9. The summed E-state index contributed by atoms with van der Waals surface area (Å²) in [5.41, 5.74) is 1.29. The fourth-order valence-electron chi connectivity index (χ4n) is 6.96. The molecule has 3 aliphatic heterocycles. The molecule has 0 amide bonds. The molecule has 11 atom stereocenters. The third kappa shape index (κ3) is 8.37. The van der Waals surface area contributed by atoms with Gasteiger partial charge in [0.1, 0.15) is 36.6 Å². The Hall–Kier alpha value is -3.84. The van der Waals surface area contributed by atoms with Gasteiger partial charge in [-0.3, -0.25) is 9.59 Å². The highest BCUT2D eigenvalue weighted by Crippen LogP contribution is 2.45. The molecule has 2 aromatic carbocycles. The first-order valence-corrected chi connectivity index (χ1v) is 17.3. The van der Waals surface area contributed by atoms with E-state index >= 15 is 0 Å². The maximum Gasteiger partial charge on any atom is 0.366 e. The van der Waals surface area contributed by atoms with Crippen LogP contribution in [0.4, 0.5) is 0 Å². The van der Waals surface area contributed by atoms with Gasteiger partial charge < -0.3 is 37.9 Å². The Labute approximate surface area is 293 Å². The van der Waals surface area contributed by atoms with Crippen molar-refractivity contribution < 1.29 is 57.1 Å². The second kappa shape index (κ2) is 16.5. The summed E-state index contributed by atoms with van der Waals surface area (Å²) in [6.07, 6.45) is -4.80. The van der Waals surface area contributed by atoms with Gasteiger partial charge in [0.25, 0.3) is 5.79 Å². The smallest absolute Gasteiger partial charge is 0.366 e. The lowest BCUT2D eigenvalue weighted by molar-refractivity contribution is -0.325. The Kier molecular flexibility index (Phi) is 12.3. The van der Waals surface area contributed by atoms with Gasteiger partial charge in [0.05, 0.1) is 44.8 Å². The number of carbonyl (C=O) groups is 4. The highest BCUT2D eigenvalue weighted by atomic mass is 16.7. The number of hydrogen-bond acceptors (Lipinski definition) is 12. The molecule has 5 rings (SSSR count). The van der Waals surface area contributed by atoms with Crippen molar-refractivity contribution in [2.45, 2.75) is 109 Å². The molecule has 3 saturated heterocycles. The van der Waals surface area contributed by atoms with E-state index in [1.165, 1.54) is 14.0 Å². The number of ether oxygens (including phenoxy) is 8. The number of fused-ring (bicyclic) bond motifs is 1. The average molecular weight is 697 g/mol. The minimum atomic E-state index is -2.05. The highest BCUT2D eigenvalue weighted by molar-refractivity contribution is 5.89. The van der Waals surface area contributed by atoms with Gasteiger partial charge in [0.2, 0.25) is 0 Å². The van der Waals surface area contributed by atoms with Crippen LogP contribution in [0.25, 0.3) is 0 Å². The Bertz CT molecular complexity index is 1470. The van der Waals surface area contributed by atoms with Crippen molar-refractivity contribution in [2.75, 3.05) is 13.7 Å². The predicted molar refractivity (Wildman–Crippen MR) is 177 cm³/mol. The van der Waals surface area contributed by atoms with Gasteiger partial charge in [0, 0.05) is 18.8 Å². The van der Waals surface area contributed by atoms with Gasteiger partial charge in [-0.15, -0.1) is 0 Å². The Morgan fingerprint density at radius 3 is 2.32 bits per heavy atom. The molecule has 0 aromatic heterocycles. The molecule has 0 bridgehead atoms.